The molecule has 0 fully saturated rings. The van der Waals surface area contributed by atoms with Crippen LogP contribution in [0, 0.1) is 6.92 Å². The lowest BCUT2D eigenvalue weighted by Gasteiger charge is -2.23. The lowest BCUT2D eigenvalue weighted by Crippen LogP contribution is -2.27. The van der Waals surface area contributed by atoms with E-state index in [1.807, 2.05) is 78.0 Å². The van der Waals surface area contributed by atoms with Gasteiger partial charge in [0, 0.05) is 19.8 Å². The molecule has 2 aromatic rings. The Bertz CT molecular complexity index is 723. The fourth-order valence-corrected chi connectivity index (χ4v) is 3.75. The van der Waals surface area contributed by atoms with E-state index >= 15 is 0 Å². The lowest BCUT2D eigenvalue weighted by atomic mass is 9.97. The summed E-state index contributed by atoms with van der Waals surface area (Å²) in [5, 5.41) is 10.5. The molecular weight excluding hydrogens is 407 g/mol. The van der Waals surface area contributed by atoms with Crippen LogP contribution in [-0.2, 0) is 17.2 Å². The van der Waals surface area contributed by atoms with Gasteiger partial charge in [-0.05, 0) is 59.7 Å². The van der Waals surface area contributed by atoms with Gasteiger partial charge in [0.1, 0.15) is 0 Å². The van der Waals surface area contributed by atoms with Crippen molar-refractivity contribution in [2.75, 3.05) is 0 Å². The highest BCUT2D eigenvalue weighted by atomic mass is 127. The zero-order valence-electron chi connectivity index (χ0n) is 12.7. The first-order chi connectivity index (χ1) is 10.3. The Kier molecular flexibility index (Phi) is 5.58. The molecule has 0 radical (unpaired) electrons. The van der Waals surface area contributed by atoms with E-state index in [0.717, 1.165) is 20.9 Å². The van der Waals surface area contributed by atoms with Crippen molar-refractivity contribution in [2.24, 2.45) is 0 Å². The van der Waals surface area contributed by atoms with Crippen LogP contribution in [0.15, 0.2) is 68.5 Å². The molecule has 2 aromatic carbocycles. The molecule has 0 aliphatic heterocycles. The molecule has 4 heteroatoms. The summed E-state index contributed by atoms with van der Waals surface area (Å²) in [5.41, 5.74) is 0.861. The standard InChI is InChI=1S/C18H19IO2S/c1-13-8-4-6-10-16(13)22(21)17-11-7-5-9-15(17)12-18(3,20)14(2)19/h4-11,20H,2,12H2,1,3H3/t18-,22+/m1/s1. The number of aliphatic hydroxyl groups is 1. The Labute approximate surface area is 147 Å². The minimum absolute atomic E-state index is 0.391. The summed E-state index contributed by atoms with van der Waals surface area (Å²) in [4.78, 5) is 1.55. The highest BCUT2D eigenvalue weighted by molar-refractivity contribution is 14.1. The number of halogens is 1. The average molecular weight is 426 g/mol. The Morgan fingerprint density at radius 1 is 1.18 bits per heavy atom. The van der Waals surface area contributed by atoms with Crippen LogP contribution in [0.4, 0.5) is 0 Å². The first-order valence-corrected chi connectivity index (χ1v) is 9.18. The van der Waals surface area contributed by atoms with Gasteiger partial charge in [0.05, 0.1) is 16.4 Å². The van der Waals surface area contributed by atoms with Crippen molar-refractivity contribution in [3.8, 4) is 0 Å². The van der Waals surface area contributed by atoms with E-state index < -0.39 is 16.4 Å². The van der Waals surface area contributed by atoms with Crippen LogP contribution in [-0.4, -0.2) is 14.9 Å². The molecule has 0 aliphatic carbocycles. The third-order valence-corrected chi connectivity index (χ3v) is 6.40. The van der Waals surface area contributed by atoms with Crippen LogP contribution in [0.1, 0.15) is 18.1 Å². The van der Waals surface area contributed by atoms with Gasteiger partial charge in [0.25, 0.3) is 0 Å². The molecule has 0 aliphatic rings. The Hall–Kier alpha value is -0.980. The smallest absolute Gasteiger partial charge is 0.0959 e. The third-order valence-electron chi connectivity index (χ3n) is 3.58. The molecule has 1 N–H and O–H groups in total. The fraction of sp³-hybridized carbons (Fsp3) is 0.222. The van der Waals surface area contributed by atoms with E-state index in [1.165, 1.54) is 0 Å². The van der Waals surface area contributed by atoms with Gasteiger partial charge in [-0.15, -0.1) is 0 Å². The van der Waals surface area contributed by atoms with E-state index in [2.05, 4.69) is 6.58 Å². The second-order valence-electron chi connectivity index (χ2n) is 5.50. The van der Waals surface area contributed by atoms with Crippen molar-refractivity contribution < 1.29 is 9.32 Å². The van der Waals surface area contributed by atoms with Crippen molar-refractivity contribution >= 4 is 33.4 Å². The summed E-state index contributed by atoms with van der Waals surface area (Å²) in [6.45, 7) is 7.52. The van der Waals surface area contributed by atoms with E-state index in [0.29, 0.717) is 10.0 Å². The predicted molar refractivity (Wildman–Crippen MR) is 99.8 cm³/mol. The van der Waals surface area contributed by atoms with Crippen molar-refractivity contribution in [1.82, 2.24) is 0 Å². The van der Waals surface area contributed by atoms with E-state index in [1.54, 1.807) is 6.92 Å². The zero-order chi connectivity index (χ0) is 16.3. The highest BCUT2D eigenvalue weighted by Gasteiger charge is 2.25. The normalized spacial score (nSPS) is 15.1. The van der Waals surface area contributed by atoms with Gasteiger partial charge in [-0.2, -0.15) is 0 Å². The van der Waals surface area contributed by atoms with Gasteiger partial charge in [-0.25, -0.2) is 4.21 Å². The van der Waals surface area contributed by atoms with Crippen LogP contribution in [0.3, 0.4) is 0 Å². The second kappa shape index (κ2) is 7.06. The van der Waals surface area contributed by atoms with Gasteiger partial charge < -0.3 is 5.11 Å². The van der Waals surface area contributed by atoms with Gasteiger partial charge in [-0.1, -0.05) is 43.0 Å². The number of rotatable bonds is 5. The van der Waals surface area contributed by atoms with Crippen molar-refractivity contribution in [3.05, 3.63) is 69.8 Å². The van der Waals surface area contributed by atoms with Gasteiger partial charge in [-0.3, -0.25) is 0 Å². The summed E-state index contributed by atoms with van der Waals surface area (Å²) < 4.78 is 13.6. The SMILES string of the molecule is C=C(I)[C@](C)(O)Cc1ccccc1[S@@](=O)c1ccccc1C. The Morgan fingerprint density at radius 2 is 1.73 bits per heavy atom. The molecule has 0 amide bonds. The number of hydrogen-bond acceptors (Lipinski definition) is 2. The summed E-state index contributed by atoms with van der Waals surface area (Å²) in [7, 11) is -1.26. The molecule has 2 rings (SSSR count). The molecule has 0 saturated heterocycles. The summed E-state index contributed by atoms with van der Waals surface area (Å²) >= 11 is 2.04. The van der Waals surface area contributed by atoms with E-state index in [4.69, 9.17) is 0 Å². The first-order valence-electron chi connectivity index (χ1n) is 6.95. The molecule has 2 atom stereocenters. The topological polar surface area (TPSA) is 37.3 Å². The third kappa shape index (κ3) is 3.86. The molecule has 0 bridgehead atoms. The molecule has 0 saturated carbocycles. The van der Waals surface area contributed by atoms with E-state index in [-0.39, 0.29) is 0 Å². The van der Waals surface area contributed by atoms with Crippen LogP contribution in [0.2, 0.25) is 0 Å². The summed E-state index contributed by atoms with van der Waals surface area (Å²) in [5.74, 6) is 0. The maximum absolute atomic E-state index is 12.9. The summed E-state index contributed by atoms with van der Waals surface area (Å²) in [6.07, 6.45) is 0.391. The van der Waals surface area contributed by atoms with Crippen LogP contribution in [0.25, 0.3) is 0 Å². The highest BCUT2D eigenvalue weighted by Crippen LogP contribution is 2.29. The van der Waals surface area contributed by atoms with Crippen molar-refractivity contribution in [1.29, 1.82) is 0 Å². The predicted octanol–water partition coefficient (Wildman–Crippen LogP) is 4.40. The van der Waals surface area contributed by atoms with Gasteiger partial charge in [0.2, 0.25) is 0 Å². The average Bonchev–Trinajstić information content (AvgIpc) is 2.47. The Morgan fingerprint density at radius 3 is 2.32 bits per heavy atom. The van der Waals surface area contributed by atoms with Crippen LogP contribution < -0.4 is 0 Å². The molecule has 0 aromatic heterocycles. The van der Waals surface area contributed by atoms with Gasteiger partial charge in [0.15, 0.2) is 0 Å². The van der Waals surface area contributed by atoms with Crippen LogP contribution >= 0.6 is 22.6 Å². The molecule has 0 unspecified atom stereocenters. The van der Waals surface area contributed by atoms with Crippen LogP contribution in [0.5, 0.6) is 0 Å². The zero-order valence-corrected chi connectivity index (χ0v) is 15.6. The van der Waals surface area contributed by atoms with Gasteiger partial charge >= 0.3 is 0 Å². The van der Waals surface area contributed by atoms with Crippen molar-refractivity contribution in [2.45, 2.75) is 35.7 Å². The Balaban J connectivity index is 2.43. The van der Waals surface area contributed by atoms with Crippen molar-refractivity contribution in [3.63, 3.8) is 0 Å². The largest absolute Gasteiger partial charge is 0.385 e. The van der Waals surface area contributed by atoms with E-state index in [9.17, 15) is 9.32 Å². The molecule has 2 nitrogen and oxygen atoms in total. The monoisotopic (exact) mass is 426 g/mol. The first kappa shape index (κ1) is 17.4. The minimum atomic E-state index is -1.26. The lowest BCUT2D eigenvalue weighted by molar-refractivity contribution is 0.110. The molecule has 0 heterocycles. The number of hydrogen-bond donors (Lipinski definition) is 1. The molecule has 116 valence electrons. The molecular formula is C18H19IO2S. The quantitative estimate of drug-likeness (QED) is 0.720. The number of benzene rings is 2. The fourth-order valence-electron chi connectivity index (χ4n) is 2.18. The number of aryl methyl sites for hydroxylation is 1. The minimum Gasteiger partial charge on any atom is -0.385 e. The maximum atomic E-state index is 12.9. The molecule has 0 spiro atoms. The summed E-state index contributed by atoms with van der Waals surface area (Å²) in [6, 6.07) is 15.2. The maximum Gasteiger partial charge on any atom is 0.0959 e. The second-order valence-corrected chi connectivity index (χ2v) is 8.22. The molecule has 22 heavy (non-hydrogen) atoms.